The Hall–Kier alpha value is -3.07. The topological polar surface area (TPSA) is 103 Å². The lowest BCUT2D eigenvalue weighted by atomic mass is 10.2. The van der Waals surface area contributed by atoms with Crippen molar-refractivity contribution in [3.8, 4) is 17.3 Å². The first-order valence-corrected chi connectivity index (χ1v) is 9.27. The molecule has 0 bridgehead atoms. The van der Waals surface area contributed by atoms with E-state index in [1.54, 1.807) is 19.4 Å². The van der Waals surface area contributed by atoms with E-state index >= 15 is 0 Å². The maximum atomic E-state index is 11.8. The molecule has 138 valence electrons. The number of Topliss-reactive ketones (excluding diaryl/α,β-unsaturated/α-hetero) is 1. The average molecular weight is 382 g/mol. The quantitative estimate of drug-likeness (QED) is 0.390. The number of carbonyl (C=O) groups excluding carboxylic acids is 1. The summed E-state index contributed by atoms with van der Waals surface area (Å²) in [6.45, 7) is 3.26. The third-order valence-corrected chi connectivity index (χ3v) is 4.24. The molecule has 0 saturated carbocycles. The monoisotopic (exact) mass is 382 g/mol. The Morgan fingerprint density at radius 3 is 2.59 bits per heavy atom. The number of rotatable bonds is 6. The van der Waals surface area contributed by atoms with Gasteiger partial charge in [-0.15, -0.1) is 11.8 Å². The summed E-state index contributed by atoms with van der Waals surface area (Å²) in [6, 6.07) is 5.37. The van der Waals surface area contributed by atoms with Crippen molar-refractivity contribution in [3.63, 3.8) is 0 Å². The van der Waals surface area contributed by atoms with Gasteiger partial charge in [0.05, 0.1) is 30.9 Å². The molecule has 0 fully saturated rings. The van der Waals surface area contributed by atoms with E-state index in [2.05, 4.69) is 30.2 Å². The first kappa shape index (κ1) is 18.7. The lowest BCUT2D eigenvalue weighted by Gasteiger charge is -2.12. The van der Waals surface area contributed by atoms with Crippen molar-refractivity contribution in [3.05, 3.63) is 42.1 Å². The van der Waals surface area contributed by atoms with Gasteiger partial charge >= 0.3 is 0 Å². The van der Waals surface area contributed by atoms with Crippen molar-refractivity contribution in [2.45, 2.75) is 18.9 Å². The van der Waals surface area contributed by atoms with Crippen LogP contribution in [0.1, 0.15) is 23.2 Å². The molecule has 0 aliphatic rings. The molecule has 9 heteroatoms. The summed E-state index contributed by atoms with van der Waals surface area (Å²) in [5, 5.41) is 3.99. The number of ether oxygens (including phenoxy) is 1. The van der Waals surface area contributed by atoms with E-state index in [-0.39, 0.29) is 11.5 Å². The third kappa shape index (κ3) is 4.37. The van der Waals surface area contributed by atoms with Crippen LogP contribution in [0.25, 0.3) is 11.4 Å². The zero-order valence-corrected chi connectivity index (χ0v) is 16.2. The highest BCUT2D eigenvalue weighted by Gasteiger charge is 2.15. The molecule has 0 aliphatic carbocycles. The Morgan fingerprint density at radius 1 is 1.15 bits per heavy atom. The van der Waals surface area contributed by atoms with Crippen molar-refractivity contribution >= 4 is 29.1 Å². The van der Waals surface area contributed by atoms with Gasteiger partial charge in [0.1, 0.15) is 22.2 Å². The Labute approximate surface area is 160 Å². The molecule has 0 aliphatic heterocycles. The second-order valence-electron chi connectivity index (χ2n) is 5.57. The highest BCUT2D eigenvalue weighted by Crippen LogP contribution is 2.28. The molecule has 0 radical (unpaired) electrons. The number of nitrogens with one attached hydrogen (secondary N) is 1. The number of ketones is 1. The second-order valence-corrected chi connectivity index (χ2v) is 6.39. The number of nitrogens with zero attached hydrogens (tertiary/aromatic N) is 5. The predicted octanol–water partition coefficient (Wildman–Crippen LogP) is 3.31. The second kappa shape index (κ2) is 8.09. The number of methoxy groups -OCH3 is 1. The maximum absolute atomic E-state index is 11.8. The summed E-state index contributed by atoms with van der Waals surface area (Å²) < 4.78 is 5.07. The molecular weight excluding hydrogens is 364 g/mol. The first-order chi connectivity index (χ1) is 13.0. The number of carbonyl (C=O) groups is 1. The van der Waals surface area contributed by atoms with Gasteiger partial charge in [-0.05, 0) is 25.3 Å². The molecule has 0 aromatic carbocycles. The largest absolute Gasteiger partial charge is 0.481 e. The Morgan fingerprint density at radius 2 is 1.96 bits per heavy atom. The zero-order chi connectivity index (χ0) is 19.4. The van der Waals surface area contributed by atoms with Gasteiger partial charge in [0.15, 0.2) is 11.6 Å². The molecule has 3 aromatic heterocycles. The van der Waals surface area contributed by atoms with Crippen LogP contribution in [-0.4, -0.2) is 44.1 Å². The minimum Gasteiger partial charge on any atom is -0.481 e. The number of aromatic nitrogens is 5. The Balaban J connectivity index is 2.08. The lowest BCUT2D eigenvalue weighted by Crippen LogP contribution is -2.06. The molecule has 0 spiro atoms. The van der Waals surface area contributed by atoms with Gasteiger partial charge in [0, 0.05) is 13.0 Å². The van der Waals surface area contributed by atoms with Crippen molar-refractivity contribution in [2.75, 3.05) is 18.7 Å². The number of hydrogen-bond acceptors (Lipinski definition) is 9. The summed E-state index contributed by atoms with van der Waals surface area (Å²) in [4.78, 5) is 33.6. The van der Waals surface area contributed by atoms with Gasteiger partial charge in [-0.25, -0.2) is 24.9 Å². The number of thioether (sulfide) groups is 1. The fraction of sp³-hybridized carbons (Fsp3) is 0.222. The molecule has 3 heterocycles. The summed E-state index contributed by atoms with van der Waals surface area (Å²) >= 11 is 1.51. The lowest BCUT2D eigenvalue weighted by molar-refractivity contribution is 0.101. The first-order valence-electron chi connectivity index (χ1n) is 8.05. The number of hydrogen-bond donors (Lipinski definition) is 1. The summed E-state index contributed by atoms with van der Waals surface area (Å²) in [7, 11) is 1.56. The number of anilines is 2. The Bertz CT molecular complexity index is 978. The maximum Gasteiger partial charge on any atom is 0.213 e. The van der Waals surface area contributed by atoms with Crippen LogP contribution in [0.15, 0.2) is 35.6 Å². The molecule has 0 atom stereocenters. The van der Waals surface area contributed by atoms with Crippen LogP contribution in [-0.2, 0) is 0 Å². The van der Waals surface area contributed by atoms with Crippen LogP contribution in [0.5, 0.6) is 5.88 Å². The average Bonchev–Trinajstić information content (AvgIpc) is 2.68. The molecule has 0 amide bonds. The van der Waals surface area contributed by atoms with Gasteiger partial charge in [-0.1, -0.05) is 0 Å². The highest BCUT2D eigenvalue weighted by molar-refractivity contribution is 7.98. The molecule has 8 nitrogen and oxygen atoms in total. The molecule has 3 aromatic rings. The van der Waals surface area contributed by atoms with Gasteiger partial charge in [-0.2, -0.15) is 0 Å². The predicted molar refractivity (Wildman–Crippen MR) is 104 cm³/mol. The minimum absolute atomic E-state index is 0.169. The molecule has 1 N–H and O–H groups in total. The van der Waals surface area contributed by atoms with Crippen LogP contribution in [0.3, 0.4) is 0 Å². The van der Waals surface area contributed by atoms with E-state index < -0.39 is 0 Å². The Kier molecular flexibility index (Phi) is 5.60. The normalized spacial score (nSPS) is 10.5. The molecule has 3 rings (SSSR count). The van der Waals surface area contributed by atoms with E-state index in [1.165, 1.54) is 24.9 Å². The van der Waals surface area contributed by atoms with Gasteiger partial charge in [0.2, 0.25) is 5.88 Å². The highest BCUT2D eigenvalue weighted by atomic mass is 32.2. The summed E-state index contributed by atoms with van der Waals surface area (Å²) in [5.41, 5.74) is 2.04. The van der Waals surface area contributed by atoms with Crippen LogP contribution >= 0.6 is 11.8 Å². The molecule has 0 unspecified atom stereocenters. The van der Waals surface area contributed by atoms with Crippen LogP contribution in [0, 0.1) is 6.92 Å². The standard InChI is InChI=1S/C18H18N6O2S/c1-10(25)14-9-20-18(23-12-5-6-15(26-3)19-8-12)17(24-14)13-7-16(27-4)22-11(2)21-13/h5-9H,1-4H3,(H,20,23). The molecule has 0 saturated heterocycles. The third-order valence-electron chi connectivity index (χ3n) is 3.61. The smallest absolute Gasteiger partial charge is 0.213 e. The fourth-order valence-corrected chi connectivity index (χ4v) is 2.76. The summed E-state index contributed by atoms with van der Waals surface area (Å²) in [6.07, 6.45) is 5.00. The van der Waals surface area contributed by atoms with Crippen molar-refractivity contribution < 1.29 is 9.53 Å². The van der Waals surface area contributed by atoms with E-state index in [4.69, 9.17) is 4.74 Å². The SMILES string of the molecule is COc1ccc(Nc2ncc(C(C)=O)nc2-c2cc(SC)nc(C)n2)cn1. The number of aryl methyl sites for hydroxylation is 1. The van der Waals surface area contributed by atoms with Crippen LogP contribution in [0.4, 0.5) is 11.5 Å². The zero-order valence-electron chi connectivity index (χ0n) is 15.3. The minimum atomic E-state index is -0.169. The van der Waals surface area contributed by atoms with E-state index in [9.17, 15) is 4.79 Å². The van der Waals surface area contributed by atoms with E-state index in [0.29, 0.717) is 34.6 Å². The fourth-order valence-electron chi connectivity index (χ4n) is 2.31. The molecule has 27 heavy (non-hydrogen) atoms. The van der Waals surface area contributed by atoms with Crippen LogP contribution < -0.4 is 10.1 Å². The van der Waals surface area contributed by atoms with Crippen molar-refractivity contribution in [1.82, 2.24) is 24.9 Å². The molecular formula is C18H18N6O2S. The van der Waals surface area contributed by atoms with Gasteiger partial charge in [0.25, 0.3) is 0 Å². The van der Waals surface area contributed by atoms with E-state index in [1.807, 2.05) is 25.3 Å². The van der Waals surface area contributed by atoms with Crippen molar-refractivity contribution in [1.29, 1.82) is 0 Å². The van der Waals surface area contributed by atoms with Gasteiger partial charge < -0.3 is 10.1 Å². The van der Waals surface area contributed by atoms with Crippen LogP contribution in [0.2, 0.25) is 0 Å². The van der Waals surface area contributed by atoms with Crippen molar-refractivity contribution in [2.24, 2.45) is 0 Å². The van der Waals surface area contributed by atoms with Gasteiger partial charge in [-0.3, -0.25) is 4.79 Å². The number of pyridine rings is 1. The summed E-state index contributed by atoms with van der Waals surface area (Å²) in [5.74, 6) is 1.42. The van der Waals surface area contributed by atoms with E-state index in [0.717, 1.165) is 5.03 Å².